The van der Waals surface area contributed by atoms with Gasteiger partial charge in [0.05, 0.1) is 19.3 Å². The summed E-state index contributed by atoms with van der Waals surface area (Å²) in [7, 11) is 0. The number of alkyl halides is 4. The Kier molecular flexibility index (Phi) is 12.3. The van der Waals surface area contributed by atoms with Crippen LogP contribution in [0.25, 0.3) is 0 Å². The van der Waals surface area contributed by atoms with Gasteiger partial charge in [-0.25, -0.2) is 9.59 Å². The molecule has 6 nitrogen and oxygen atoms in total. The normalized spacial score (nSPS) is 37.1. The molecule has 4 aliphatic rings. The van der Waals surface area contributed by atoms with Gasteiger partial charge in [0.1, 0.15) is 24.4 Å². The van der Waals surface area contributed by atoms with Gasteiger partial charge in [-0.3, -0.25) is 0 Å². The van der Waals surface area contributed by atoms with E-state index in [0.29, 0.717) is 11.8 Å². The monoisotopic (exact) mass is 804 g/mol. The zero-order valence-electron chi connectivity index (χ0n) is 23.1. The molecule has 4 atom stereocenters. The van der Waals surface area contributed by atoms with Gasteiger partial charge in [-0.1, -0.05) is 90.4 Å². The Bertz CT molecular complexity index is 728. The molecule has 224 valence electrons. The molecule has 0 N–H and O–H groups in total. The zero-order valence-corrected chi connectivity index (χ0v) is 29.5. The quantitative estimate of drug-likeness (QED) is 0.197. The van der Waals surface area contributed by atoms with Crippen LogP contribution in [0.3, 0.4) is 0 Å². The number of hydrogen-bond donors (Lipinski definition) is 0. The number of carbonyl (C=O) groups excluding carboxylic acids is 2. The van der Waals surface area contributed by atoms with Crippen LogP contribution in [-0.4, -0.2) is 56.0 Å². The van der Waals surface area contributed by atoms with Gasteiger partial charge < -0.3 is 18.9 Å². The molecular formula is C29H44Br4O6. The average molecular weight is 808 g/mol. The Hall–Kier alpha value is 0.460. The number of halogens is 4. The summed E-state index contributed by atoms with van der Waals surface area (Å²) >= 11 is 15.4. The van der Waals surface area contributed by atoms with Crippen molar-refractivity contribution in [3.8, 4) is 0 Å². The second kappa shape index (κ2) is 14.8. The third-order valence-electron chi connectivity index (χ3n) is 9.66. The van der Waals surface area contributed by atoms with E-state index in [2.05, 4.69) is 77.6 Å². The lowest BCUT2D eigenvalue weighted by Crippen LogP contribution is -2.50. The van der Waals surface area contributed by atoms with E-state index in [1.807, 2.05) is 0 Å². The Balaban J connectivity index is 1.28. The fourth-order valence-corrected chi connectivity index (χ4v) is 11.6. The van der Waals surface area contributed by atoms with Crippen molar-refractivity contribution in [3.63, 3.8) is 0 Å². The maximum atomic E-state index is 12.5. The van der Waals surface area contributed by atoms with Crippen LogP contribution in [0, 0.1) is 17.3 Å². The third kappa shape index (κ3) is 8.75. The van der Waals surface area contributed by atoms with Gasteiger partial charge in [0.2, 0.25) is 0 Å². The van der Waals surface area contributed by atoms with Crippen molar-refractivity contribution in [1.82, 2.24) is 0 Å². The van der Waals surface area contributed by atoms with Crippen LogP contribution in [0.2, 0.25) is 0 Å². The minimum atomic E-state index is -0.539. The molecule has 0 saturated heterocycles. The summed E-state index contributed by atoms with van der Waals surface area (Å²) in [6.45, 7) is 4.72. The summed E-state index contributed by atoms with van der Waals surface area (Å²) in [5.74, 6) is 0.859. The topological polar surface area (TPSA) is 71.1 Å². The van der Waals surface area contributed by atoms with Gasteiger partial charge in [0.25, 0.3) is 0 Å². The first kappa shape index (κ1) is 32.4. The minimum absolute atomic E-state index is 0.00769. The first-order chi connectivity index (χ1) is 18.5. The Morgan fingerprint density at radius 3 is 1.15 bits per heavy atom. The molecule has 4 aliphatic carbocycles. The molecule has 0 heterocycles. The molecule has 0 aromatic carbocycles. The fraction of sp³-hybridized carbons (Fsp3) is 0.931. The maximum absolute atomic E-state index is 12.5. The SMILES string of the molecule is CC(C)(C1CC(Br)C(OC(=O)OC2CCCCC2)C(Br)C1)C1CC(Br)C(OC(=O)OC2CCCCC2)C(Br)C1. The molecular weight excluding hydrogens is 764 g/mol. The van der Waals surface area contributed by atoms with Crippen LogP contribution in [-0.2, 0) is 18.9 Å². The molecule has 4 unspecified atom stereocenters. The molecule has 39 heavy (non-hydrogen) atoms. The highest BCUT2D eigenvalue weighted by atomic mass is 79.9. The van der Waals surface area contributed by atoms with Crippen LogP contribution in [0.1, 0.15) is 104 Å². The maximum Gasteiger partial charge on any atom is 0.508 e. The summed E-state index contributed by atoms with van der Waals surface area (Å²) in [6.07, 6.45) is 12.7. The number of ether oxygens (including phenoxy) is 4. The highest BCUT2D eigenvalue weighted by Crippen LogP contribution is 2.52. The molecule has 0 aromatic rings. The van der Waals surface area contributed by atoms with Gasteiger partial charge in [-0.2, -0.15) is 0 Å². The lowest BCUT2D eigenvalue weighted by molar-refractivity contribution is -0.0371. The predicted octanol–water partition coefficient (Wildman–Crippen LogP) is 9.60. The van der Waals surface area contributed by atoms with Gasteiger partial charge in [0.15, 0.2) is 0 Å². The molecule has 4 rings (SSSR count). The van der Waals surface area contributed by atoms with Gasteiger partial charge >= 0.3 is 12.3 Å². The summed E-state index contributed by atoms with van der Waals surface area (Å²) in [4.78, 5) is 25.3. The Morgan fingerprint density at radius 2 is 0.846 bits per heavy atom. The zero-order chi connectivity index (χ0) is 28.2. The van der Waals surface area contributed by atoms with Crippen molar-refractivity contribution in [2.75, 3.05) is 0 Å². The van der Waals surface area contributed by atoms with Crippen LogP contribution in [0.4, 0.5) is 9.59 Å². The molecule has 10 heteroatoms. The molecule has 0 amide bonds. The van der Waals surface area contributed by atoms with E-state index in [9.17, 15) is 9.59 Å². The lowest BCUT2D eigenvalue weighted by atomic mass is 9.60. The van der Waals surface area contributed by atoms with Gasteiger partial charge in [0, 0.05) is 0 Å². The van der Waals surface area contributed by atoms with E-state index in [1.165, 1.54) is 12.8 Å². The first-order valence-electron chi connectivity index (χ1n) is 14.9. The smallest absolute Gasteiger partial charge is 0.431 e. The van der Waals surface area contributed by atoms with E-state index < -0.39 is 12.3 Å². The number of rotatable bonds is 6. The highest BCUT2D eigenvalue weighted by Gasteiger charge is 2.50. The second-order valence-electron chi connectivity index (χ2n) is 12.6. The van der Waals surface area contributed by atoms with Crippen LogP contribution in [0.15, 0.2) is 0 Å². The van der Waals surface area contributed by atoms with Crippen molar-refractivity contribution in [2.45, 2.75) is 147 Å². The summed E-state index contributed by atoms with van der Waals surface area (Å²) < 4.78 is 22.9. The van der Waals surface area contributed by atoms with Crippen molar-refractivity contribution in [1.29, 1.82) is 0 Å². The summed E-state index contributed by atoms with van der Waals surface area (Å²) in [6, 6.07) is 0. The van der Waals surface area contributed by atoms with Crippen LogP contribution in [0.5, 0.6) is 0 Å². The molecule has 0 bridgehead atoms. The molecule has 0 radical (unpaired) electrons. The Labute approximate surface area is 267 Å². The minimum Gasteiger partial charge on any atom is -0.431 e. The number of carbonyl (C=O) groups is 2. The third-order valence-corrected chi connectivity index (χ3v) is 13.2. The molecule has 4 saturated carbocycles. The molecule has 4 fully saturated rings. The van der Waals surface area contributed by atoms with E-state index >= 15 is 0 Å². The second-order valence-corrected chi connectivity index (χ2v) is 17.3. The van der Waals surface area contributed by atoms with Crippen molar-refractivity contribution < 1.29 is 28.5 Å². The summed E-state index contributed by atoms with van der Waals surface area (Å²) in [5, 5.41) is 0. The van der Waals surface area contributed by atoms with Crippen LogP contribution < -0.4 is 0 Å². The average Bonchev–Trinajstić information content (AvgIpc) is 2.89. The van der Waals surface area contributed by atoms with Crippen molar-refractivity contribution >= 4 is 76.0 Å². The van der Waals surface area contributed by atoms with Gasteiger partial charge in [-0.05, 0) is 94.3 Å². The van der Waals surface area contributed by atoms with E-state index in [-0.39, 0.29) is 49.1 Å². The van der Waals surface area contributed by atoms with E-state index in [1.54, 1.807) is 0 Å². The van der Waals surface area contributed by atoms with Crippen LogP contribution >= 0.6 is 63.7 Å². The summed E-state index contributed by atoms with van der Waals surface area (Å²) in [5.41, 5.74) is 0.0389. The standard InChI is InChI=1S/C29H44Br4O6/c1-29(2,17-13-21(30)25(22(31)14-17)38-27(34)36-19-9-5-3-6-10-19)18-15-23(32)26(24(33)16-18)39-28(35)37-20-11-7-4-8-12-20/h17-26H,3-16H2,1-2H3. The molecule has 0 aromatic heterocycles. The van der Waals surface area contributed by atoms with Crippen molar-refractivity contribution in [3.05, 3.63) is 0 Å². The van der Waals surface area contributed by atoms with E-state index in [0.717, 1.165) is 77.0 Å². The first-order valence-corrected chi connectivity index (χ1v) is 18.5. The largest absolute Gasteiger partial charge is 0.508 e. The fourth-order valence-electron chi connectivity index (χ4n) is 7.03. The van der Waals surface area contributed by atoms with Crippen molar-refractivity contribution in [2.24, 2.45) is 17.3 Å². The molecule has 0 spiro atoms. The highest BCUT2D eigenvalue weighted by molar-refractivity contribution is 9.10. The lowest BCUT2D eigenvalue weighted by Gasteiger charge is -2.50. The van der Waals surface area contributed by atoms with Gasteiger partial charge in [-0.15, -0.1) is 0 Å². The van der Waals surface area contributed by atoms with E-state index in [4.69, 9.17) is 18.9 Å². The Morgan fingerprint density at radius 1 is 0.538 bits per heavy atom. The number of hydrogen-bond acceptors (Lipinski definition) is 6. The predicted molar refractivity (Wildman–Crippen MR) is 167 cm³/mol. The molecule has 0 aliphatic heterocycles.